The van der Waals surface area contributed by atoms with E-state index in [-0.39, 0.29) is 16.5 Å². The van der Waals surface area contributed by atoms with Crippen LogP contribution >= 0.6 is 11.6 Å². The summed E-state index contributed by atoms with van der Waals surface area (Å²) in [4.78, 5) is 2.30. The summed E-state index contributed by atoms with van der Waals surface area (Å²) in [5.41, 5.74) is 1.88. The van der Waals surface area contributed by atoms with E-state index < -0.39 is 9.84 Å². The lowest BCUT2D eigenvalue weighted by Gasteiger charge is -2.31. The van der Waals surface area contributed by atoms with Gasteiger partial charge in [-0.05, 0) is 60.9 Å². The lowest BCUT2D eigenvalue weighted by atomic mass is 10.0. The van der Waals surface area contributed by atoms with Gasteiger partial charge in [0.2, 0.25) is 0 Å². The number of hydrogen-bond donors (Lipinski definition) is 0. The normalized spacial score (nSPS) is 14.6. The third-order valence-corrected chi connectivity index (χ3v) is 6.02. The number of nitrogens with zero attached hydrogens (tertiary/aromatic N) is 1. The molecule has 0 N–H and O–H groups in total. The Balaban J connectivity index is 1.75. The predicted octanol–water partition coefficient (Wildman–Crippen LogP) is 3.71. The van der Waals surface area contributed by atoms with E-state index in [0.717, 1.165) is 30.6 Å². The molecule has 0 aromatic heterocycles. The summed E-state index contributed by atoms with van der Waals surface area (Å²) < 4.78 is 38.2. The summed E-state index contributed by atoms with van der Waals surface area (Å²) in [6, 6.07) is 10.9. The average molecular weight is 354 g/mol. The zero-order chi connectivity index (χ0) is 16.4. The Morgan fingerprint density at radius 3 is 2.61 bits per heavy atom. The van der Waals surface area contributed by atoms with Crippen LogP contribution in [0.1, 0.15) is 12.0 Å². The highest BCUT2D eigenvalue weighted by atomic mass is 35.5. The monoisotopic (exact) mass is 353 g/mol. The average Bonchev–Trinajstić information content (AvgIpc) is 2.53. The van der Waals surface area contributed by atoms with Crippen molar-refractivity contribution < 1.29 is 12.8 Å². The Morgan fingerprint density at radius 1 is 1.13 bits per heavy atom. The molecule has 0 unspecified atom stereocenters. The highest BCUT2D eigenvalue weighted by molar-refractivity contribution is 7.91. The van der Waals surface area contributed by atoms with Crippen LogP contribution in [0.5, 0.6) is 0 Å². The third-order valence-electron chi connectivity index (χ3n) is 4.06. The standard InChI is InChI=1S/C17H17ClFNO2S/c18-14-3-6-16(7-4-14)23(21,22)11-10-20-9-1-2-13-12-15(19)5-8-17(13)20/h3-8,12H,1-2,9-11H2. The molecule has 1 aliphatic heterocycles. The van der Waals surface area contributed by atoms with Crippen molar-refractivity contribution in [1.82, 2.24) is 0 Å². The zero-order valence-electron chi connectivity index (χ0n) is 12.5. The van der Waals surface area contributed by atoms with Crippen LogP contribution in [-0.2, 0) is 16.3 Å². The molecule has 23 heavy (non-hydrogen) atoms. The Bertz CT molecular complexity index is 806. The fourth-order valence-electron chi connectivity index (χ4n) is 2.87. The molecular weight excluding hydrogens is 337 g/mol. The summed E-state index contributed by atoms with van der Waals surface area (Å²) in [5.74, 6) is -0.231. The molecule has 0 aliphatic carbocycles. The number of anilines is 1. The second kappa shape index (κ2) is 6.49. The molecule has 0 bridgehead atoms. The molecule has 122 valence electrons. The molecule has 0 saturated carbocycles. The second-order valence-corrected chi connectivity index (χ2v) is 8.18. The summed E-state index contributed by atoms with van der Waals surface area (Å²) >= 11 is 5.80. The van der Waals surface area contributed by atoms with Gasteiger partial charge in [0, 0.05) is 23.8 Å². The van der Waals surface area contributed by atoms with Crippen molar-refractivity contribution in [1.29, 1.82) is 0 Å². The van der Waals surface area contributed by atoms with Gasteiger partial charge in [-0.3, -0.25) is 0 Å². The summed E-state index contributed by atoms with van der Waals surface area (Å²) in [5, 5.41) is 0.510. The Labute approximate surface area is 140 Å². The largest absolute Gasteiger partial charge is 0.370 e. The van der Waals surface area contributed by atoms with Gasteiger partial charge in [0.05, 0.1) is 10.6 Å². The van der Waals surface area contributed by atoms with Crippen molar-refractivity contribution in [3.63, 3.8) is 0 Å². The molecule has 3 nitrogen and oxygen atoms in total. The van der Waals surface area contributed by atoms with E-state index in [1.807, 2.05) is 4.90 Å². The lowest BCUT2D eigenvalue weighted by Crippen LogP contribution is -2.33. The highest BCUT2D eigenvalue weighted by Crippen LogP contribution is 2.28. The van der Waals surface area contributed by atoms with E-state index in [1.54, 1.807) is 18.2 Å². The van der Waals surface area contributed by atoms with Gasteiger partial charge in [0.15, 0.2) is 9.84 Å². The molecule has 2 aromatic carbocycles. The fourth-order valence-corrected chi connectivity index (χ4v) is 4.24. The second-order valence-electron chi connectivity index (χ2n) is 5.64. The number of benzene rings is 2. The molecular formula is C17H17ClFNO2S. The number of sulfone groups is 1. The molecule has 0 amide bonds. The van der Waals surface area contributed by atoms with Crippen LogP contribution in [0.25, 0.3) is 0 Å². The molecule has 0 atom stereocenters. The Hall–Kier alpha value is -1.59. The molecule has 0 spiro atoms. The predicted molar refractivity (Wildman–Crippen MR) is 90.4 cm³/mol. The maximum Gasteiger partial charge on any atom is 0.180 e. The first-order valence-corrected chi connectivity index (χ1v) is 9.50. The molecule has 3 rings (SSSR count). The summed E-state index contributed by atoms with van der Waals surface area (Å²) in [7, 11) is -3.36. The Morgan fingerprint density at radius 2 is 1.87 bits per heavy atom. The zero-order valence-corrected chi connectivity index (χ0v) is 14.1. The van der Waals surface area contributed by atoms with Crippen LogP contribution in [0.15, 0.2) is 47.4 Å². The maximum atomic E-state index is 13.3. The quantitative estimate of drug-likeness (QED) is 0.841. The molecule has 0 saturated heterocycles. The van der Waals surface area contributed by atoms with E-state index in [2.05, 4.69) is 0 Å². The molecule has 1 heterocycles. The first-order chi connectivity index (χ1) is 11.0. The van der Waals surface area contributed by atoms with Gasteiger partial charge in [-0.15, -0.1) is 0 Å². The van der Waals surface area contributed by atoms with E-state index >= 15 is 0 Å². The van der Waals surface area contributed by atoms with Crippen LogP contribution in [0, 0.1) is 5.82 Å². The smallest absolute Gasteiger partial charge is 0.180 e. The van der Waals surface area contributed by atoms with Crippen LogP contribution in [-0.4, -0.2) is 27.3 Å². The van der Waals surface area contributed by atoms with Crippen molar-refractivity contribution in [3.8, 4) is 0 Å². The number of hydrogen-bond acceptors (Lipinski definition) is 3. The lowest BCUT2D eigenvalue weighted by molar-refractivity contribution is 0.592. The maximum absolute atomic E-state index is 13.3. The van der Waals surface area contributed by atoms with Gasteiger partial charge in [0.1, 0.15) is 5.82 Å². The molecule has 6 heteroatoms. The summed E-state index contributed by atoms with van der Waals surface area (Å²) in [6.07, 6.45) is 1.73. The van der Waals surface area contributed by atoms with Gasteiger partial charge in [-0.25, -0.2) is 12.8 Å². The molecule has 0 fully saturated rings. The van der Waals surface area contributed by atoms with E-state index in [1.165, 1.54) is 24.3 Å². The number of rotatable bonds is 4. The minimum atomic E-state index is -3.36. The van der Waals surface area contributed by atoms with Gasteiger partial charge in [-0.2, -0.15) is 0 Å². The SMILES string of the molecule is O=S(=O)(CCN1CCCc2cc(F)ccc21)c1ccc(Cl)cc1. The molecule has 2 aromatic rings. The first kappa shape index (κ1) is 16.3. The molecule has 0 radical (unpaired) electrons. The van der Waals surface area contributed by atoms with Gasteiger partial charge in [0.25, 0.3) is 0 Å². The van der Waals surface area contributed by atoms with Crippen LogP contribution in [0.3, 0.4) is 0 Å². The van der Waals surface area contributed by atoms with Crippen LogP contribution in [0.4, 0.5) is 10.1 Å². The van der Waals surface area contributed by atoms with Crippen molar-refractivity contribution in [2.24, 2.45) is 0 Å². The van der Waals surface area contributed by atoms with Crippen LogP contribution in [0.2, 0.25) is 5.02 Å². The minimum absolute atomic E-state index is 0.0193. The number of fused-ring (bicyclic) bond motifs is 1. The van der Waals surface area contributed by atoms with Gasteiger partial charge >= 0.3 is 0 Å². The minimum Gasteiger partial charge on any atom is -0.370 e. The number of aryl methyl sites for hydroxylation is 1. The summed E-state index contributed by atoms with van der Waals surface area (Å²) in [6.45, 7) is 1.18. The van der Waals surface area contributed by atoms with Gasteiger partial charge in [-0.1, -0.05) is 11.6 Å². The topological polar surface area (TPSA) is 37.4 Å². The Kier molecular flexibility index (Phi) is 4.60. The fraction of sp³-hybridized carbons (Fsp3) is 0.294. The van der Waals surface area contributed by atoms with E-state index in [0.29, 0.717) is 11.6 Å². The highest BCUT2D eigenvalue weighted by Gasteiger charge is 2.21. The number of halogens is 2. The molecule has 1 aliphatic rings. The first-order valence-electron chi connectivity index (χ1n) is 7.47. The van der Waals surface area contributed by atoms with Crippen molar-refractivity contribution >= 4 is 27.1 Å². The van der Waals surface area contributed by atoms with E-state index in [4.69, 9.17) is 11.6 Å². The van der Waals surface area contributed by atoms with Crippen molar-refractivity contribution in [3.05, 3.63) is 58.9 Å². The van der Waals surface area contributed by atoms with E-state index in [9.17, 15) is 12.8 Å². The van der Waals surface area contributed by atoms with Gasteiger partial charge < -0.3 is 4.90 Å². The van der Waals surface area contributed by atoms with Crippen LogP contribution < -0.4 is 4.90 Å². The third kappa shape index (κ3) is 3.67. The van der Waals surface area contributed by atoms with Crippen molar-refractivity contribution in [2.45, 2.75) is 17.7 Å². The van der Waals surface area contributed by atoms with Crippen molar-refractivity contribution in [2.75, 3.05) is 23.7 Å².